The molecule has 3 rings (SSSR count). The van der Waals surface area contributed by atoms with Gasteiger partial charge >= 0.3 is 6.09 Å². The van der Waals surface area contributed by atoms with Crippen LogP contribution in [0.5, 0.6) is 0 Å². The average molecular weight is 453 g/mol. The molecule has 32 heavy (non-hydrogen) atoms. The normalized spacial score (nSPS) is 14.4. The molecule has 0 aliphatic heterocycles. The Bertz CT molecular complexity index is 940. The Hall–Kier alpha value is -2.70. The summed E-state index contributed by atoms with van der Waals surface area (Å²) in [7, 11) is 0. The van der Waals surface area contributed by atoms with Crippen LogP contribution in [0.4, 0.5) is 4.79 Å². The Morgan fingerprint density at radius 1 is 1.03 bits per heavy atom. The molecule has 0 saturated carbocycles. The monoisotopic (exact) mass is 452 g/mol. The van der Waals surface area contributed by atoms with Gasteiger partial charge in [-0.25, -0.2) is 9.78 Å². The van der Waals surface area contributed by atoms with Gasteiger partial charge < -0.3 is 15.2 Å². The fourth-order valence-electron chi connectivity index (χ4n) is 3.67. The van der Waals surface area contributed by atoms with Crippen LogP contribution in [-0.2, 0) is 17.6 Å². The van der Waals surface area contributed by atoms with Crippen molar-refractivity contribution >= 4 is 17.4 Å². The maximum atomic E-state index is 12.5. The lowest BCUT2D eigenvalue weighted by Gasteiger charge is -2.29. The first kappa shape index (κ1) is 24.0. The molecule has 3 aromatic rings. The first-order chi connectivity index (χ1) is 15.3. The number of hydrogen-bond acceptors (Lipinski definition) is 5. The van der Waals surface area contributed by atoms with Gasteiger partial charge in [-0.1, -0.05) is 60.7 Å². The van der Waals surface area contributed by atoms with Crippen molar-refractivity contribution in [2.45, 2.75) is 63.7 Å². The molecule has 1 heterocycles. The van der Waals surface area contributed by atoms with E-state index in [2.05, 4.69) is 22.4 Å². The molecule has 0 aliphatic carbocycles. The molecule has 0 spiro atoms. The second-order valence-corrected chi connectivity index (χ2v) is 9.93. The Balaban J connectivity index is 1.77. The van der Waals surface area contributed by atoms with Gasteiger partial charge in [0.15, 0.2) is 0 Å². The van der Waals surface area contributed by atoms with Crippen molar-refractivity contribution in [2.75, 3.05) is 0 Å². The van der Waals surface area contributed by atoms with E-state index >= 15 is 0 Å². The van der Waals surface area contributed by atoms with Gasteiger partial charge in [0.05, 0.1) is 17.2 Å². The van der Waals surface area contributed by atoms with Crippen molar-refractivity contribution < 1.29 is 14.6 Å². The number of aliphatic hydroxyl groups excluding tert-OH is 1. The molecule has 5 nitrogen and oxygen atoms in total. The summed E-state index contributed by atoms with van der Waals surface area (Å²) in [5, 5.41) is 17.1. The smallest absolute Gasteiger partial charge is 0.407 e. The number of alkyl carbamates (subject to hydrolysis) is 1. The number of aliphatic hydroxyl groups is 1. The lowest BCUT2D eigenvalue weighted by molar-refractivity contribution is 0.0405. The number of carbonyl (C=O) groups excluding carboxylic acids is 1. The van der Waals surface area contributed by atoms with Gasteiger partial charge in [-0.3, -0.25) is 0 Å². The molecule has 0 saturated heterocycles. The van der Waals surface area contributed by atoms with E-state index in [0.717, 1.165) is 17.0 Å². The van der Waals surface area contributed by atoms with Crippen LogP contribution in [0, 0.1) is 0 Å². The van der Waals surface area contributed by atoms with Crippen molar-refractivity contribution in [3.05, 3.63) is 88.4 Å². The van der Waals surface area contributed by atoms with Crippen LogP contribution in [0.15, 0.2) is 72.2 Å². The first-order valence-electron chi connectivity index (χ1n) is 10.9. The Labute approximate surface area is 194 Å². The van der Waals surface area contributed by atoms with E-state index in [0.29, 0.717) is 12.8 Å². The molecule has 0 radical (unpaired) electrons. The number of nitrogens with one attached hydrogen (secondary N) is 1. The molecule has 3 atom stereocenters. The summed E-state index contributed by atoms with van der Waals surface area (Å²) in [5.74, 6) is 0.0473. The quantitative estimate of drug-likeness (QED) is 0.459. The van der Waals surface area contributed by atoms with E-state index in [-0.39, 0.29) is 5.92 Å². The van der Waals surface area contributed by atoms with Gasteiger partial charge in [0, 0.05) is 17.5 Å². The fraction of sp³-hybridized carbons (Fsp3) is 0.385. The number of nitrogens with zero attached hydrogens (tertiary/aromatic N) is 1. The van der Waals surface area contributed by atoms with E-state index in [1.165, 1.54) is 5.56 Å². The number of rotatable bonds is 9. The summed E-state index contributed by atoms with van der Waals surface area (Å²) in [4.78, 5) is 17.0. The Morgan fingerprint density at radius 2 is 1.62 bits per heavy atom. The summed E-state index contributed by atoms with van der Waals surface area (Å²) >= 11 is 1.60. The fourth-order valence-corrected chi connectivity index (χ4v) is 4.43. The number of aromatic nitrogens is 1. The zero-order chi connectivity index (χ0) is 23.0. The zero-order valence-corrected chi connectivity index (χ0v) is 19.7. The first-order valence-corrected chi connectivity index (χ1v) is 11.8. The molecule has 0 fully saturated rings. The van der Waals surface area contributed by atoms with Crippen molar-refractivity contribution in [3.8, 4) is 0 Å². The summed E-state index contributed by atoms with van der Waals surface area (Å²) in [5.41, 5.74) is 1.63. The lowest BCUT2D eigenvalue weighted by atomic mass is 9.89. The molecule has 2 aromatic carbocycles. The summed E-state index contributed by atoms with van der Waals surface area (Å²) < 4.78 is 5.46. The molecule has 2 N–H and O–H groups in total. The van der Waals surface area contributed by atoms with E-state index in [4.69, 9.17) is 4.74 Å². The highest BCUT2D eigenvalue weighted by Gasteiger charge is 2.28. The third-order valence-electron chi connectivity index (χ3n) is 5.12. The van der Waals surface area contributed by atoms with Gasteiger partial charge in [-0.2, -0.15) is 0 Å². The molecule has 170 valence electrons. The van der Waals surface area contributed by atoms with Crippen LogP contribution in [0.3, 0.4) is 0 Å². The Kier molecular flexibility index (Phi) is 8.42. The largest absolute Gasteiger partial charge is 0.444 e. The number of amides is 1. The van der Waals surface area contributed by atoms with Crippen LogP contribution in [-0.4, -0.2) is 33.9 Å². The van der Waals surface area contributed by atoms with Crippen molar-refractivity contribution in [1.82, 2.24) is 10.3 Å². The van der Waals surface area contributed by atoms with E-state index in [1.54, 1.807) is 17.5 Å². The third kappa shape index (κ3) is 7.77. The highest BCUT2D eigenvalue weighted by Crippen LogP contribution is 2.29. The third-order valence-corrected chi connectivity index (χ3v) is 6.05. The molecular formula is C26H32N2O3S. The van der Waals surface area contributed by atoms with Crippen LogP contribution >= 0.6 is 11.3 Å². The molecule has 1 aromatic heterocycles. The number of carbonyl (C=O) groups is 1. The lowest BCUT2D eigenvalue weighted by Crippen LogP contribution is -2.47. The van der Waals surface area contributed by atoms with Gasteiger partial charge in [0.1, 0.15) is 5.60 Å². The molecule has 0 unspecified atom stereocenters. The topological polar surface area (TPSA) is 71.5 Å². The summed E-state index contributed by atoms with van der Waals surface area (Å²) in [6.07, 6.45) is 2.28. The van der Waals surface area contributed by atoms with Crippen LogP contribution < -0.4 is 5.32 Å². The minimum absolute atomic E-state index is 0.0473. The number of benzene rings is 2. The molecule has 6 heteroatoms. The maximum absolute atomic E-state index is 12.5. The van der Waals surface area contributed by atoms with Crippen molar-refractivity contribution in [2.24, 2.45) is 0 Å². The minimum Gasteiger partial charge on any atom is -0.444 e. The van der Waals surface area contributed by atoms with Crippen LogP contribution in [0.1, 0.15) is 49.2 Å². The number of hydrogen-bond donors (Lipinski definition) is 2. The minimum atomic E-state index is -0.764. The number of thiazole rings is 1. The highest BCUT2D eigenvalue weighted by atomic mass is 32.1. The second kappa shape index (κ2) is 11.2. The zero-order valence-electron chi connectivity index (χ0n) is 18.9. The highest BCUT2D eigenvalue weighted by molar-refractivity contribution is 7.09. The summed E-state index contributed by atoms with van der Waals surface area (Å²) in [6, 6.07) is 19.6. The van der Waals surface area contributed by atoms with Crippen LogP contribution in [0.25, 0.3) is 0 Å². The SMILES string of the molecule is CC(C)(C)OC(=O)N[C@@H](Cc1ccccc1)[C@@H](O)C[C@@H](Cc1ccccc1)c1nccs1. The standard InChI is InChI=1S/C26H32N2O3S/c1-26(2,3)31-25(30)28-22(17-20-12-8-5-9-13-20)23(29)18-21(24-27-14-15-32-24)16-19-10-6-4-7-11-19/h4-15,21-23,29H,16-18H2,1-3H3,(H,28,30)/t21-,22+,23+/m1/s1. The van der Waals surface area contributed by atoms with Crippen LogP contribution in [0.2, 0.25) is 0 Å². The van der Waals surface area contributed by atoms with Crippen molar-refractivity contribution in [1.29, 1.82) is 0 Å². The predicted octanol–water partition coefficient (Wildman–Crippen LogP) is 5.36. The van der Waals surface area contributed by atoms with Crippen molar-refractivity contribution in [3.63, 3.8) is 0 Å². The molecule has 1 amide bonds. The van der Waals surface area contributed by atoms with Gasteiger partial charge in [0.25, 0.3) is 0 Å². The van der Waals surface area contributed by atoms with Gasteiger partial charge in [-0.15, -0.1) is 11.3 Å². The number of ether oxygens (including phenoxy) is 1. The molecular weight excluding hydrogens is 420 g/mol. The second-order valence-electron chi connectivity index (χ2n) is 9.00. The average Bonchev–Trinajstić information content (AvgIpc) is 3.28. The van der Waals surface area contributed by atoms with Gasteiger partial charge in [-0.05, 0) is 51.2 Å². The molecule has 0 bridgehead atoms. The Morgan fingerprint density at radius 3 is 2.16 bits per heavy atom. The maximum Gasteiger partial charge on any atom is 0.407 e. The van der Waals surface area contributed by atoms with Gasteiger partial charge in [0.2, 0.25) is 0 Å². The van der Waals surface area contributed by atoms with E-state index in [1.807, 2.05) is 74.7 Å². The van der Waals surface area contributed by atoms with E-state index in [9.17, 15) is 9.90 Å². The predicted molar refractivity (Wildman–Crippen MR) is 129 cm³/mol. The molecule has 0 aliphatic rings. The summed E-state index contributed by atoms with van der Waals surface area (Å²) in [6.45, 7) is 5.48. The van der Waals surface area contributed by atoms with E-state index < -0.39 is 23.8 Å².